The molecule has 20 heavy (non-hydrogen) atoms. The third-order valence-corrected chi connectivity index (χ3v) is 3.64. The summed E-state index contributed by atoms with van der Waals surface area (Å²) in [5.41, 5.74) is -2.05. The fourth-order valence-corrected chi connectivity index (χ4v) is 2.38. The Morgan fingerprint density at radius 1 is 1.45 bits per heavy atom. The third-order valence-electron chi connectivity index (χ3n) is 3.41. The van der Waals surface area contributed by atoms with E-state index in [2.05, 4.69) is 10.6 Å². The maximum atomic E-state index is 12.9. The van der Waals surface area contributed by atoms with Crippen molar-refractivity contribution in [2.24, 2.45) is 0 Å². The van der Waals surface area contributed by atoms with Crippen LogP contribution in [0.4, 0.5) is 18.9 Å². The molecule has 1 aliphatic heterocycles. The van der Waals surface area contributed by atoms with Crippen molar-refractivity contribution in [1.82, 2.24) is 5.32 Å². The second-order valence-electron chi connectivity index (χ2n) is 5.00. The predicted molar refractivity (Wildman–Crippen MR) is 70.7 cm³/mol. The smallest absolute Gasteiger partial charge is 0.324 e. The van der Waals surface area contributed by atoms with Crippen LogP contribution in [0.25, 0.3) is 0 Å². The van der Waals surface area contributed by atoms with E-state index in [1.165, 1.54) is 12.1 Å². The fourth-order valence-electron chi connectivity index (χ4n) is 2.21. The van der Waals surface area contributed by atoms with Crippen molar-refractivity contribution < 1.29 is 18.0 Å². The number of anilines is 1. The van der Waals surface area contributed by atoms with E-state index >= 15 is 0 Å². The van der Waals surface area contributed by atoms with E-state index in [4.69, 9.17) is 11.6 Å². The lowest BCUT2D eigenvalue weighted by Gasteiger charge is -2.24. The van der Waals surface area contributed by atoms with Crippen molar-refractivity contribution in [2.75, 3.05) is 11.9 Å². The molecule has 1 saturated heterocycles. The van der Waals surface area contributed by atoms with Gasteiger partial charge in [0.1, 0.15) is 0 Å². The van der Waals surface area contributed by atoms with Gasteiger partial charge < -0.3 is 10.6 Å². The second-order valence-corrected chi connectivity index (χ2v) is 5.44. The quantitative estimate of drug-likeness (QED) is 0.879. The van der Waals surface area contributed by atoms with Crippen LogP contribution in [0.2, 0.25) is 5.02 Å². The largest absolute Gasteiger partial charge is 0.418 e. The summed E-state index contributed by atoms with van der Waals surface area (Å²) in [6.45, 7) is 2.36. The molecule has 1 aromatic carbocycles. The van der Waals surface area contributed by atoms with Gasteiger partial charge in [0.2, 0.25) is 5.91 Å². The number of carbonyl (C=O) groups excluding carboxylic acids is 1. The van der Waals surface area contributed by atoms with Crippen molar-refractivity contribution in [3.8, 4) is 0 Å². The van der Waals surface area contributed by atoms with E-state index in [0.29, 0.717) is 13.0 Å². The number of amides is 1. The van der Waals surface area contributed by atoms with Crippen molar-refractivity contribution in [3.05, 3.63) is 28.8 Å². The minimum atomic E-state index is -4.57. The van der Waals surface area contributed by atoms with Crippen LogP contribution in [0.5, 0.6) is 0 Å². The molecule has 2 N–H and O–H groups in total. The topological polar surface area (TPSA) is 41.1 Å². The fraction of sp³-hybridized carbons (Fsp3) is 0.462. The molecule has 1 fully saturated rings. The van der Waals surface area contributed by atoms with E-state index in [1.54, 1.807) is 6.92 Å². The Labute approximate surface area is 119 Å². The van der Waals surface area contributed by atoms with Gasteiger partial charge in [-0.15, -0.1) is 0 Å². The number of carbonyl (C=O) groups is 1. The minimum absolute atomic E-state index is 0.0273. The summed E-state index contributed by atoms with van der Waals surface area (Å²) in [5, 5.41) is 5.32. The lowest BCUT2D eigenvalue weighted by Crippen LogP contribution is -2.48. The third kappa shape index (κ3) is 3.07. The van der Waals surface area contributed by atoms with E-state index in [1.807, 2.05) is 0 Å². The minimum Gasteiger partial charge on any atom is -0.324 e. The van der Waals surface area contributed by atoms with E-state index in [-0.39, 0.29) is 10.7 Å². The SMILES string of the molecule is CC1(C(=O)Nc2ccc(Cl)cc2C(F)(F)F)CCCN1. The average Bonchev–Trinajstić information content (AvgIpc) is 2.78. The van der Waals surface area contributed by atoms with Gasteiger partial charge in [-0.25, -0.2) is 0 Å². The molecule has 110 valence electrons. The zero-order valence-corrected chi connectivity index (χ0v) is 11.5. The number of alkyl halides is 3. The number of rotatable bonds is 2. The first-order valence-electron chi connectivity index (χ1n) is 6.16. The Morgan fingerprint density at radius 2 is 2.15 bits per heavy atom. The van der Waals surface area contributed by atoms with Gasteiger partial charge in [0.25, 0.3) is 0 Å². The molecule has 0 aliphatic carbocycles. The van der Waals surface area contributed by atoms with Crippen molar-refractivity contribution >= 4 is 23.2 Å². The lowest BCUT2D eigenvalue weighted by atomic mass is 9.99. The standard InChI is InChI=1S/C13H14ClF3N2O/c1-12(5-2-6-18-12)11(20)19-10-4-3-8(14)7-9(10)13(15,16)17/h3-4,7,18H,2,5-6H2,1H3,(H,19,20). The summed E-state index contributed by atoms with van der Waals surface area (Å²) in [6.07, 6.45) is -3.16. The molecule has 2 rings (SSSR count). The molecule has 1 atom stereocenters. The highest BCUT2D eigenvalue weighted by molar-refractivity contribution is 6.30. The Kier molecular flexibility index (Phi) is 3.97. The zero-order chi connectivity index (χ0) is 15.0. The van der Waals surface area contributed by atoms with Crippen LogP contribution < -0.4 is 10.6 Å². The summed E-state index contributed by atoms with van der Waals surface area (Å²) in [5.74, 6) is -0.470. The van der Waals surface area contributed by atoms with Gasteiger partial charge in [-0.1, -0.05) is 11.6 Å². The number of nitrogens with one attached hydrogen (secondary N) is 2. The molecule has 0 radical (unpaired) electrons. The first-order valence-corrected chi connectivity index (χ1v) is 6.53. The number of hydrogen-bond acceptors (Lipinski definition) is 2. The Hall–Kier alpha value is -1.27. The molecule has 1 unspecified atom stereocenters. The molecule has 1 aromatic rings. The molecule has 1 aliphatic rings. The van der Waals surface area contributed by atoms with Gasteiger partial charge >= 0.3 is 6.18 Å². The highest BCUT2D eigenvalue weighted by Crippen LogP contribution is 2.37. The van der Waals surface area contributed by atoms with E-state index in [9.17, 15) is 18.0 Å². The average molecular weight is 307 g/mol. The van der Waals surface area contributed by atoms with E-state index < -0.39 is 23.2 Å². The Balaban J connectivity index is 2.27. The van der Waals surface area contributed by atoms with Gasteiger partial charge in [0.05, 0.1) is 16.8 Å². The monoisotopic (exact) mass is 306 g/mol. The number of benzene rings is 1. The molecular formula is C13H14ClF3N2O. The van der Waals surface area contributed by atoms with Crippen LogP contribution >= 0.6 is 11.6 Å². The molecule has 0 spiro atoms. The van der Waals surface area contributed by atoms with Crippen LogP contribution in [-0.4, -0.2) is 18.0 Å². The van der Waals surface area contributed by atoms with Gasteiger partial charge in [-0.05, 0) is 44.5 Å². The summed E-state index contributed by atoms with van der Waals surface area (Å²) < 4.78 is 38.8. The van der Waals surface area contributed by atoms with Crippen LogP contribution in [0.15, 0.2) is 18.2 Å². The maximum absolute atomic E-state index is 12.9. The van der Waals surface area contributed by atoms with Crippen LogP contribution in [0.3, 0.4) is 0 Å². The normalized spacial score (nSPS) is 22.9. The van der Waals surface area contributed by atoms with Crippen LogP contribution in [0, 0.1) is 0 Å². The molecule has 0 saturated carbocycles. The van der Waals surface area contributed by atoms with Crippen molar-refractivity contribution in [2.45, 2.75) is 31.5 Å². The predicted octanol–water partition coefficient (Wildman–Crippen LogP) is 3.44. The van der Waals surface area contributed by atoms with Gasteiger partial charge in [0.15, 0.2) is 0 Å². The van der Waals surface area contributed by atoms with Crippen LogP contribution in [-0.2, 0) is 11.0 Å². The Bertz CT molecular complexity index is 525. The van der Waals surface area contributed by atoms with Crippen molar-refractivity contribution in [3.63, 3.8) is 0 Å². The zero-order valence-electron chi connectivity index (χ0n) is 10.8. The first kappa shape index (κ1) is 15.1. The van der Waals surface area contributed by atoms with Gasteiger partial charge in [-0.2, -0.15) is 13.2 Å². The number of hydrogen-bond donors (Lipinski definition) is 2. The molecule has 7 heteroatoms. The molecule has 3 nitrogen and oxygen atoms in total. The van der Waals surface area contributed by atoms with Crippen molar-refractivity contribution in [1.29, 1.82) is 0 Å². The molecular weight excluding hydrogens is 293 g/mol. The Morgan fingerprint density at radius 3 is 2.70 bits per heavy atom. The summed E-state index contributed by atoms with van der Waals surface area (Å²) in [6, 6.07) is 3.29. The van der Waals surface area contributed by atoms with Gasteiger partial charge in [0, 0.05) is 5.02 Å². The lowest BCUT2D eigenvalue weighted by molar-refractivity contribution is -0.137. The first-order chi connectivity index (χ1) is 9.22. The number of halogens is 4. The molecule has 0 aromatic heterocycles. The molecule has 0 bridgehead atoms. The van der Waals surface area contributed by atoms with Crippen LogP contribution in [0.1, 0.15) is 25.3 Å². The summed E-state index contributed by atoms with van der Waals surface area (Å²) >= 11 is 5.59. The second kappa shape index (κ2) is 5.26. The molecule has 1 heterocycles. The van der Waals surface area contributed by atoms with E-state index in [0.717, 1.165) is 12.5 Å². The highest BCUT2D eigenvalue weighted by atomic mass is 35.5. The highest BCUT2D eigenvalue weighted by Gasteiger charge is 2.38. The summed E-state index contributed by atoms with van der Waals surface area (Å²) in [7, 11) is 0. The summed E-state index contributed by atoms with van der Waals surface area (Å²) in [4.78, 5) is 12.1. The maximum Gasteiger partial charge on any atom is 0.418 e. The van der Waals surface area contributed by atoms with Gasteiger partial charge in [-0.3, -0.25) is 4.79 Å². The molecule has 1 amide bonds.